The Balaban J connectivity index is 2.00. The Hall–Kier alpha value is -2.37. The fourth-order valence-corrected chi connectivity index (χ4v) is 2.80. The van der Waals surface area contributed by atoms with Crippen molar-refractivity contribution in [3.63, 3.8) is 0 Å². The number of para-hydroxylation sites is 1. The lowest BCUT2D eigenvalue weighted by atomic mass is 9.97. The maximum atomic E-state index is 12.3. The van der Waals surface area contributed by atoms with Crippen molar-refractivity contribution >= 4 is 23.4 Å². The second-order valence-electron chi connectivity index (χ2n) is 6.15. The molecule has 1 unspecified atom stereocenters. The molecule has 1 aliphatic rings. The molecule has 0 saturated carbocycles. The topological polar surface area (TPSA) is 69.7 Å². The Morgan fingerprint density at radius 3 is 2.25 bits per heavy atom. The van der Waals surface area contributed by atoms with Crippen molar-refractivity contribution in [3.05, 3.63) is 29.8 Å². The number of rotatable bonds is 3. The maximum Gasteiger partial charge on any atom is 0.313 e. The zero-order valence-electron chi connectivity index (χ0n) is 14.5. The van der Waals surface area contributed by atoms with Crippen LogP contribution < -0.4 is 5.32 Å². The summed E-state index contributed by atoms with van der Waals surface area (Å²) in [6.45, 7) is 7.40. The molecule has 0 aromatic heterocycles. The molecule has 0 spiro atoms. The Morgan fingerprint density at radius 1 is 1.08 bits per heavy atom. The minimum atomic E-state index is -0.623. The highest BCUT2D eigenvalue weighted by molar-refractivity contribution is 6.39. The molecule has 130 valence electrons. The average molecular weight is 331 g/mol. The molecular weight excluding hydrogens is 306 g/mol. The standard InChI is InChI=1S/C18H25N3O3/c1-4-13(2)15-7-5-6-8-16(15)19-17(23)18(24)21-11-9-20(10-12-21)14(3)22/h5-8,13H,4,9-12H2,1-3H3,(H,19,23). The van der Waals surface area contributed by atoms with E-state index in [0.29, 0.717) is 37.8 Å². The summed E-state index contributed by atoms with van der Waals surface area (Å²) in [6, 6.07) is 7.57. The number of carbonyl (C=O) groups is 3. The van der Waals surface area contributed by atoms with Gasteiger partial charge in [-0.2, -0.15) is 0 Å². The van der Waals surface area contributed by atoms with Crippen molar-refractivity contribution < 1.29 is 14.4 Å². The van der Waals surface area contributed by atoms with E-state index in [2.05, 4.69) is 19.2 Å². The minimum Gasteiger partial charge on any atom is -0.339 e. The summed E-state index contributed by atoms with van der Waals surface area (Å²) < 4.78 is 0. The SMILES string of the molecule is CCC(C)c1ccccc1NC(=O)C(=O)N1CCN(C(C)=O)CC1. The predicted octanol–water partition coefficient (Wildman–Crippen LogP) is 1.83. The van der Waals surface area contributed by atoms with Gasteiger partial charge in [0.1, 0.15) is 0 Å². The van der Waals surface area contributed by atoms with Gasteiger partial charge in [0, 0.05) is 38.8 Å². The maximum absolute atomic E-state index is 12.3. The fourth-order valence-electron chi connectivity index (χ4n) is 2.80. The van der Waals surface area contributed by atoms with E-state index in [1.54, 1.807) is 4.90 Å². The number of carbonyl (C=O) groups excluding carboxylic acids is 3. The van der Waals surface area contributed by atoms with E-state index in [-0.39, 0.29) is 5.91 Å². The molecule has 1 heterocycles. The van der Waals surface area contributed by atoms with Gasteiger partial charge in [-0.25, -0.2) is 0 Å². The molecule has 24 heavy (non-hydrogen) atoms. The van der Waals surface area contributed by atoms with Crippen molar-refractivity contribution in [3.8, 4) is 0 Å². The van der Waals surface area contributed by atoms with Crippen molar-refractivity contribution in [1.82, 2.24) is 9.80 Å². The lowest BCUT2D eigenvalue weighted by molar-refractivity contribution is -0.145. The van der Waals surface area contributed by atoms with Crippen molar-refractivity contribution in [2.45, 2.75) is 33.1 Å². The quantitative estimate of drug-likeness (QED) is 0.859. The van der Waals surface area contributed by atoms with Gasteiger partial charge in [-0.15, -0.1) is 0 Å². The van der Waals surface area contributed by atoms with Gasteiger partial charge < -0.3 is 15.1 Å². The summed E-state index contributed by atoms with van der Waals surface area (Å²) in [4.78, 5) is 39.2. The second kappa shape index (κ2) is 7.95. The van der Waals surface area contributed by atoms with Gasteiger partial charge in [0.15, 0.2) is 0 Å². The van der Waals surface area contributed by atoms with Crippen molar-refractivity contribution in [1.29, 1.82) is 0 Å². The highest BCUT2D eigenvalue weighted by Crippen LogP contribution is 2.26. The third-order valence-corrected chi connectivity index (χ3v) is 4.56. The molecular formula is C18H25N3O3. The molecule has 6 nitrogen and oxygen atoms in total. The molecule has 6 heteroatoms. The third-order valence-electron chi connectivity index (χ3n) is 4.56. The highest BCUT2D eigenvalue weighted by atomic mass is 16.2. The van der Waals surface area contributed by atoms with E-state index in [1.165, 1.54) is 11.8 Å². The number of nitrogens with one attached hydrogen (secondary N) is 1. The van der Waals surface area contributed by atoms with E-state index in [0.717, 1.165) is 12.0 Å². The molecule has 2 rings (SSSR count). The van der Waals surface area contributed by atoms with Crippen LogP contribution in [-0.2, 0) is 14.4 Å². The largest absolute Gasteiger partial charge is 0.339 e. The van der Waals surface area contributed by atoms with Gasteiger partial charge in [-0.05, 0) is 24.0 Å². The Kier molecular flexibility index (Phi) is 5.95. The van der Waals surface area contributed by atoms with Crippen LogP contribution in [0.1, 0.15) is 38.7 Å². The van der Waals surface area contributed by atoms with Gasteiger partial charge in [-0.1, -0.05) is 32.0 Å². The smallest absolute Gasteiger partial charge is 0.313 e. The molecule has 1 aliphatic heterocycles. The molecule has 0 radical (unpaired) electrons. The molecule has 1 atom stereocenters. The lowest BCUT2D eigenvalue weighted by Crippen LogP contribution is -2.52. The van der Waals surface area contributed by atoms with Gasteiger partial charge in [0.2, 0.25) is 5.91 Å². The van der Waals surface area contributed by atoms with Crippen LogP contribution in [0.25, 0.3) is 0 Å². The molecule has 0 bridgehead atoms. The van der Waals surface area contributed by atoms with Gasteiger partial charge in [-0.3, -0.25) is 14.4 Å². The van der Waals surface area contributed by atoms with Crippen molar-refractivity contribution in [2.75, 3.05) is 31.5 Å². The minimum absolute atomic E-state index is 0.00553. The van der Waals surface area contributed by atoms with Crippen LogP contribution in [-0.4, -0.2) is 53.7 Å². The Morgan fingerprint density at radius 2 is 1.67 bits per heavy atom. The van der Waals surface area contributed by atoms with Crippen LogP contribution >= 0.6 is 0 Å². The van der Waals surface area contributed by atoms with E-state index in [4.69, 9.17) is 0 Å². The summed E-state index contributed by atoms with van der Waals surface area (Å²) in [5.41, 5.74) is 1.72. The van der Waals surface area contributed by atoms with Crippen LogP contribution in [0, 0.1) is 0 Å². The first-order valence-electron chi connectivity index (χ1n) is 8.38. The van der Waals surface area contributed by atoms with E-state index in [9.17, 15) is 14.4 Å². The molecule has 1 N–H and O–H groups in total. The number of piperazine rings is 1. The molecule has 1 fully saturated rings. The van der Waals surface area contributed by atoms with E-state index < -0.39 is 11.8 Å². The first-order valence-corrected chi connectivity index (χ1v) is 8.38. The summed E-state index contributed by atoms with van der Waals surface area (Å²) in [5.74, 6) is -0.871. The Bertz CT molecular complexity index is 622. The van der Waals surface area contributed by atoms with Gasteiger partial charge >= 0.3 is 11.8 Å². The van der Waals surface area contributed by atoms with Gasteiger partial charge in [0.05, 0.1) is 0 Å². The van der Waals surface area contributed by atoms with Crippen molar-refractivity contribution in [2.24, 2.45) is 0 Å². The van der Waals surface area contributed by atoms with Crippen LogP contribution in [0.15, 0.2) is 24.3 Å². The number of benzene rings is 1. The number of amides is 3. The molecule has 1 aromatic carbocycles. The van der Waals surface area contributed by atoms with E-state index in [1.807, 2.05) is 24.3 Å². The zero-order valence-corrected chi connectivity index (χ0v) is 14.5. The van der Waals surface area contributed by atoms with Crippen LogP contribution in [0.5, 0.6) is 0 Å². The first kappa shape index (κ1) is 18.0. The Labute approximate surface area is 142 Å². The monoisotopic (exact) mass is 331 g/mol. The number of nitrogens with zero attached hydrogens (tertiary/aromatic N) is 2. The summed E-state index contributed by atoms with van der Waals surface area (Å²) in [5, 5.41) is 2.75. The molecule has 1 aromatic rings. The number of anilines is 1. The zero-order chi connectivity index (χ0) is 17.7. The molecule has 0 aliphatic carbocycles. The van der Waals surface area contributed by atoms with Crippen LogP contribution in [0.2, 0.25) is 0 Å². The normalized spacial score (nSPS) is 15.8. The predicted molar refractivity (Wildman–Crippen MR) is 92.6 cm³/mol. The average Bonchev–Trinajstić information content (AvgIpc) is 2.60. The first-order chi connectivity index (χ1) is 11.4. The summed E-state index contributed by atoms with van der Waals surface area (Å²) in [7, 11) is 0. The second-order valence-corrected chi connectivity index (χ2v) is 6.15. The van der Waals surface area contributed by atoms with E-state index >= 15 is 0 Å². The summed E-state index contributed by atoms with van der Waals surface area (Å²) in [6.07, 6.45) is 0.952. The number of hydrogen-bond donors (Lipinski definition) is 1. The lowest BCUT2D eigenvalue weighted by Gasteiger charge is -2.33. The van der Waals surface area contributed by atoms with Crippen LogP contribution in [0.4, 0.5) is 5.69 Å². The highest BCUT2D eigenvalue weighted by Gasteiger charge is 2.27. The molecule has 3 amide bonds. The van der Waals surface area contributed by atoms with Crippen LogP contribution in [0.3, 0.4) is 0 Å². The summed E-state index contributed by atoms with van der Waals surface area (Å²) >= 11 is 0. The van der Waals surface area contributed by atoms with Gasteiger partial charge in [0.25, 0.3) is 0 Å². The molecule has 1 saturated heterocycles. The third kappa shape index (κ3) is 4.13. The number of hydrogen-bond acceptors (Lipinski definition) is 3. The fraction of sp³-hybridized carbons (Fsp3) is 0.500.